The zero-order valence-electron chi connectivity index (χ0n) is 19.9. The lowest BCUT2D eigenvalue weighted by atomic mass is 9.99. The SMILES string of the molecule is CNN=C(C(=N)N1CCNCC1)C1=C(C(=O)O)N2C(=O)C(NC(=O)C(=NOCF)c3nsc(N)n3)C2SC1. The van der Waals surface area contributed by atoms with Gasteiger partial charge in [0.25, 0.3) is 18.7 Å². The summed E-state index contributed by atoms with van der Waals surface area (Å²) in [6.45, 7) is 1.08. The number of nitrogens with zero attached hydrogens (tertiary/aromatic N) is 6. The van der Waals surface area contributed by atoms with Gasteiger partial charge < -0.3 is 36.6 Å². The first-order valence-corrected chi connectivity index (χ1v) is 13.0. The molecule has 4 rings (SSSR count). The minimum Gasteiger partial charge on any atom is -0.477 e. The number of piperazine rings is 1. The topological polar surface area (TPSA) is 224 Å². The van der Waals surface area contributed by atoms with E-state index in [1.165, 1.54) is 18.8 Å². The third kappa shape index (κ3) is 5.24. The molecule has 1 aromatic heterocycles. The molecule has 2 saturated heterocycles. The number of carbonyl (C=O) groups excluding carboxylic acids is 2. The van der Waals surface area contributed by atoms with Crippen LogP contribution in [0.5, 0.6) is 0 Å². The van der Waals surface area contributed by atoms with Gasteiger partial charge in [-0.05, 0) is 0 Å². The second kappa shape index (κ2) is 11.7. The number of halogens is 1. The average molecular weight is 570 g/mol. The van der Waals surface area contributed by atoms with E-state index in [9.17, 15) is 23.9 Å². The number of rotatable bonds is 9. The molecule has 0 bridgehead atoms. The number of nitrogens with two attached hydrogens (primary N) is 1. The van der Waals surface area contributed by atoms with Crippen molar-refractivity contribution in [1.82, 2.24) is 35.2 Å². The average Bonchev–Trinajstić information content (AvgIpc) is 3.35. The Bertz CT molecular complexity index is 1230. The number of anilines is 1. The van der Waals surface area contributed by atoms with Gasteiger partial charge in [-0.1, -0.05) is 5.16 Å². The molecular weight excluding hydrogens is 545 g/mol. The number of hydrazone groups is 1. The van der Waals surface area contributed by atoms with Crippen molar-refractivity contribution < 1.29 is 28.7 Å². The molecule has 19 heteroatoms. The fraction of sp³-hybridized carbons (Fsp3) is 0.474. The van der Waals surface area contributed by atoms with Crippen molar-refractivity contribution in [2.45, 2.75) is 11.4 Å². The van der Waals surface area contributed by atoms with Gasteiger partial charge in [0.2, 0.25) is 11.5 Å². The lowest BCUT2D eigenvalue weighted by molar-refractivity contribution is -0.150. The van der Waals surface area contributed by atoms with Crippen molar-refractivity contribution >= 4 is 63.5 Å². The second-order valence-electron chi connectivity index (χ2n) is 7.90. The van der Waals surface area contributed by atoms with E-state index in [-0.39, 0.29) is 39.5 Å². The van der Waals surface area contributed by atoms with Crippen molar-refractivity contribution in [2.24, 2.45) is 10.3 Å². The lowest BCUT2D eigenvalue weighted by Gasteiger charge is -2.49. The largest absolute Gasteiger partial charge is 0.477 e. The number of fused-ring (bicyclic) bond motifs is 1. The molecule has 0 aliphatic carbocycles. The third-order valence-corrected chi connectivity index (χ3v) is 7.52. The summed E-state index contributed by atoms with van der Waals surface area (Å²) in [4.78, 5) is 49.3. The van der Waals surface area contributed by atoms with Crippen LogP contribution in [0, 0.1) is 5.41 Å². The molecule has 0 spiro atoms. The highest BCUT2D eigenvalue weighted by atomic mass is 32.2. The predicted octanol–water partition coefficient (Wildman–Crippen LogP) is -2.04. The van der Waals surface area contributed by atoms with Crippen LogP contribution in [0.4, 0.5) is 9.52 Å². The van der Waals surface area contributed by atoms with Crippen LogP contribution in [0.25, 0.3) is 0 Å². The minimum atomic E-state index is -1.37. The molecule has 2 atom stereocenters. The van der Waals surface area contributed by atoms with Gasteiger partial charge in [0.1, 0.15) is 28.7 Å². The summed E-state index contributed by atoms with van der Waals surface area (Å²) in [7, 11) is 1.53. The Morgan fingerprint density at radius 3 is 2.71 bits per heavy atom. The number of aliphatic carboxylic acids is 1. The number of carboxylic acids is 1. The molecule has 2 fully saturated rings. The summed E-state index contributed by atoms with van der Waals surface area (Å²) in [5.74, 6) is -3.07. The van der Waals surface area contributed by atoms with E-state index < -0.39 is 41.8 Å². The molecule has 4 heterocycles. The molecule has 0 saturated carbocycles. The van der Waals surface area contributed by atoms with Crippen molar-refractivity contribution in [1.29, 1.82) is 5.41 Å². The Balaban J connectivity index is 1.58. The Labute approximate surface area is 223 Å². The number of carbonyl (C=O) groups is 3. The van der Waals surface area contributed by atoms with Crippen LogP contribution in [0.1, 0.15) is 5.82 Å². The number of oxime groups is 1. The third-order valence-electron chi connectivity index (χ3n) is 5.70. The van der Waals surface area contributed by atoms with Gasteiger partial charge in [-0.25, -0.2) is 9.18 Å². The zero-order valence-corrected chi connectivity index (χ0v) is 21.6. The van der Waals surface area contributed by atoms with Crippen molar-refractivity contribution in [3.05, 3.63) is 17.1 Å². The number of nitrogen functional groups attached to an aromatic ring is 1. The Kier molecular flexibility index (Phi) is 8.37. The molecule has 38 heavy (non-hydrogen) atoms. The highest BCUT2D eigenvalue weighted by Crippen LogP contribution is 2.41. The number of thioether (sulfide) groups is 1. The van der Waals surface area contributed by atoms with E-state index in [1.807, 2.05) is 0 Å². The summed E-state index contributed by atoms with van der Waals surface area (Å²) in [6.07, 6.45) is 0. The molecule has 2 amide bonds. The van der Waals surface area contributed by atoms with E-state index >= 15 is 0 Å². The van der Waals surface area contributed by atoms with Crippen LogP contribution >= 0.6 is 23.3 Å². The standard InChI is InChI=1S/C19H24FN11O5S2/c1-23-27-9(13(21)30-4-2-24-3-5-30)8-6-37-17-11(16(33)31(17)12(8)18(34)35)25-15(32)10(28-36-7-20)14-26-19(22)38-29-14/h11,17,21,23-24H,2-7H2,1H3,(H,25,32)(H,34,35)(H2,22,26,29). The van der Waals surface area contributed by atoms with Gasteiger partial charge >= 0.3 is 5.97 Å². The van der Waals surface area contributed by atoms with Crippen LogP contribution in [0.15, 0.2) is 21.5 Å². The van der Waals surface area contributed by atoms with Crippen molar-refractivity contribution in [3.63, 3.8) is 0 Å². The van der Waals surface area contributed by atoms with Crippen LogP contribution < -0.4 is 21.8 Å². The molecule has 3 aliphatic rings. The maximum atomic E-state index is 13.1. The van der Waals surface area contributed by atoms with Crippen LogP contribution in [-0.2, 0) is 19.2 Å². The van der Waals surface area contributed by atoms with Gasteiger partial charge in [0.05, 0.1) is 0 Å². The maximum Gasteiger partial charge on any atom is 0.353 e. The number of β-lactam (4-membered cyclic amide) rings is 1. The quantitative estimate of drug-likeness (QED) is 0.0819. The highest BCUT2D eigenvalue weighted by molar-refractivity contribution is 8.00. The highest BCUT2D eigenvalue weighted by Gasteiger charge is 2.55. The van der Waals surface area contributed by atoms with Gasteiger partial charge in [0.15, 0.2) is 5.13 Å². The first kappa shape index (κ1) is 27.2. The molecule has 0 radical (unpaired) electrons. The van der Waals surface area contributed by atoms with Gasteiger partial charge in [-0.3, -0.25) is 19.9 Å². The minimum absolute atomic E-state index is 0.0312. The fourth-order valence-corrected chi connectivity index (χ4v) is 5.81. The number of hydrogen-bond acceptors (Lipinski definition) is 14. The fourth-order valence-electron chi connectivity index (χ4n) is 4.03. The van der Waals surface area contributed by atoms with Gasteiger partial charge in [-0.2, -0.15) is 14.5 Å². The molecule has 3 aliphatic heterocycles. The van der Waals surface area contributed by atoms with E-state index in [2.05, 4.69) is 40.5 Å². The normalized spacial score (nSPS) is 22.0. The Morgan fingerprint density at radius 1 is 1.37 bits per heavy atom. The van der Waals surface area contributed by atoms with Crippen LogP contribution in [-0.4, -0.2) is 117 Å². The van der Waals surface area contributed by atoms with Crippen molar-refractivity contribution in [2.75, 3.05) is 51.6 Å². The first-order valence-electron chi connectivity index (χ1n) is 11.1. The van der Waals surface area contributed by atoms with Gasteiger partial charge in [0, 0.05) is 56.1 Å². The number of hydrogen-bond donors (Lipinski definition) is 6. The van der Waals surface area contributed by atoms with Crippen molar-refractivity contribution in [3.8, 4) is 0 Å². The number of aromatic nitrogens is 2. The maximum absolute atomic E-state index is 13.1. The first-order chi connectivity index (χ1) is 18.3. The summed E-state index contributed by atoms with van der Waals surface area (Å²) in [5.41, 5.74) is 7.67. The number of alkyl halides is 1. The van der Waals surface area contributed by atoms with Crippen LogP contribution in [0.3, 0.4) is 0 Å². The summed E-state index contributed by atoms with van der Waals surface area (Å²) < 4.78 is 16.4. The summed E-state index contributed by atoms with van der Waals surface area (Å²) >= 11 is 1.98. The number of nitrogens with one attached hydrogen (secondary N) is 4. The smallest absolute Gasteiger partial charge is 0.353 e. The molecule has 2 unspecified atom stereocenters. The molecule has 16 nitrogen and oxygen atoms in total. The van der Waals surface area contributed by atoms with E-state index in [0.717, 1.165) is 16.4 Å². The lowest BCUT2D eigenvalue weighted by Crippen LogP contribution is -2.71. The molecule has 1 aromatic rings. The van der Waals surface area contributed by atoms with E-state index in [4.69, 9.17) is 11.1 Å². The summed E-state index contributed by atoms with van der Waals surface area (Å²) in [6, 6.07) is -1.12. The molecule has 0 aromatic carbocycles. The molecular formula is C19H24FN11O5S2. The Morgan fingerprint density at radius 2 is 2.11 bits per heavy atom. The predicted molar refractivity (Wildman–Crippen MR) is 136 cm³/mol. The zero-order chi connectivity index (χ0) is 27.4. The number of carboxylic acid groups (broad SMARTS) is 1. The van der Waals surface area contributed by atoms with Crippen LogP contribution in [0.2, 0.25) is 0 Å². The monoisotopic (exact) mass is 569 g/mol. The molecule has 204 valence electrons. The Hall–Kier alpha value is -3.84. The number of amides is 2. The van der Waals surface area contributed by atoms with E-state index in [1.54, 1.807) is 4.90 Å². The summed E-state index contributed by atoms with van der Waals surface area (Å²) in [5, 5.41) is 31.2. The van der Waals surface area contributed by atoms with Gasteiger partial charge in [-0.15, -0.1) is 11.8 Å². The number of amidine groups is 1. The second-order valence-corrected chi connectivity index (χ2v) is 9.79. The van der Waals surface area contributed by atoms with E-state index in [0.29, 0.717) is 26.2 Å². The molecule has 7 N–H and O–H groups in total.